The SMILES string of the molecule is CCNC1C(N2Cc3ccccc3C2)CCC1(C)C. The van der Waals surface area contributed by atoms with Crippen molar-refractivity contribution in [2.24, 2.45) is 5.41 Å². The number of nitrogens with one attached hydrogen (secondary N) is 1. The van der Waals surface area contributed by atoms with E-state index >= 15 is 0 Å². The van der Waals surface area contributed by atoms with Crippen LogP contribution in [0.15, 0.2) is 24.3 Å². The Morgan fingerprint density at radius 3 is 2.42 bits per heavy atom. The molecule has 1 fully saturated rings. The predicted molar refractivity (Wildman–Crippen MR) is 80.0 cm³/mol. The van der Waals surface area contributed by atoms with Crippen LogP contribution < -0.4 is 5.32 Å². The van der Waals surface area contributed by atoms with Gasteiger partial charge in [-0.2, -0.15) is 0 Å². The minimum Gasteiger partial charge on any atom is -0.312 e. The highest BCUT2D eigenvalue weighted by atomic mass is 15.2. The summed E-state index contributed by atoms with van der Waals surface area (Å²) in [6.07, 6.45) is 2.67. The van der Waals surface area contributed by atoms with E-state index < -0.39 is 0 Å². The lowest BCUT2D eigenvalue weighted by molar-refractivity contribution is 0.144. The van der Waals surface area contributed by atoms with Gasteiger partial charge < -0.3 is 5.32 Å². The average molecular weight is 258 g/mol. The smallest absolute Gasteiger partial charge is 0.0274 e. The van der Waals surface area contributed by atoms with Crippen LogP contribution in [-0.4, -0.2) is 23.5 Å². The van der Waals surface area contributed by atoms with Crippen LogP contribution in [0, 0.1) is 5.41 Å². The lowest BCUT2D eigenvalue weighted by Gasteiger charge is -2.35. The second-order valence-corrected chi connectivity index (χ2v) is 6.80. The van der Waals surface area contributed by atoms with E-state index in [1.165, 1.54) is 24.0 Å². The molecular weight excluding hydrogens is 232 g/mol. The molecule has 1 aromatic rings. The molecule has 2 unspecified atom stereocenters. The van der Waals surface area contributed by atoms with Crippen LogP contribution >= 0.6 is 0 Å². The Hall–Kier alpha value is -0.860. The summed E-state index contributed by atoms with van der Waals surface area (Å²) in [6.45, 7) is 10.4. The topological polar surface area (TPSA) is 15.3 Å². The third-order valence-electron chi connectivity index (χ3n) is 5.07. The number of hydrogen-bond acceptors (Lipinski definition) is 2. The Morgan fingerprint density at radius 1 is 1.21 bits per heavy atom. The maximum absolute atomic E-state index is 3.75. The molecule has 2 heteroatoms. The van der Waals surface area contributed by atoms with Gasteiger partial charge in [0.05, 0.1) is 0 Å². The molecule has 2 aliphatic rings. The molecule has 19 heavy (non-hydrogen) atoms. The van der Waals surface area contributed by atoms with Crippen LogP contribution in [0.5, 0.6) is 0 Å². The summed E-state index contributed by atoms with van der Waals surface area (Å²) in [7, 11) is 0. The van der Waals surface area contributed by atoms with Gasteiger partial charge in [-0.05, 0) is 35.9 Å². The fourth-order valence-electron chi connectivity index (χ4n) is 3.98. The van der Waals surface area contributed by atoms with E-state index in [0.717, 1.165) is 19.6 Å². The number of hydrogen-bond donors (Lipinski definition) is 1. The van der Waals surface area contributed by atoms with E-state index in [9.17, 15) is 0 Å². The highest BCUT2D eigenvalue weighted by Gasteiger charge is 2.44. The molecule has 3 rings (SSSR count). The Bertz CT molecular complexity index is 427. The van der Waals surface area contributed by atoms with Gasteiger partial charge in [0.25, 0.3) is 0 Å². The molecule has 1 N–H and O–H groups in total. The first-order valence-corrected chi connectivity index (χ1v) is 7.66. The molecule has 104 valence electrons. The van der Waals surface area contributed by atoms with Crippen LogP contribution in [0.1, 0.15) is 44.7 Å². The van der Waals surface area contributed by atoms with Gasteiger partial charge in [0, 0.05) is 25.2 Å². The van der Waals surface area contributed by atoms with E-state index in [2.05, 4.69) is 55.3 Å². The molecule has 0 aromatic heterocycles. The quantitative estimate of drug-likeness (QED) is 0.896. The summed E-state index contributed by atoms with van der Waals surface area (Å²) in [5.41, 5.74) is 3.49. The maximum Gasteiger partial charge on any atom is 0.0274 e. The minimum absolute atomic E-state index is 0.426. The monoisotopic (exact) mass is 258 g/mol. The normalized spacial score (nSPS) is 29.6. The first-order chi connectivity index (χ1) is 9.12. The molecule has 0 spiro atoms. The number of fused-ring (bicyclic) bond motifs is 1. The lowest BCUT2D eigenvalue weighted by Crippen LogP contribution is -2.50. The average Bonchev–Trinajstić information content (AvgIpc) is 2.92. The van der Waals surface area contributed by atoms with Crippen molar-refractivity contribution in [1.82, 2.24) is 10.2 Å². The van der Waals surface area contributed by atoms with E-state index in [1.807, 2.05) is 0 Å². The molecule has 0 radical (unpaired) electrons. The molecule has 0 bridgehead atoms. The minimum atomic E-state index is 0.426. The van der Waals surface area contributed by atoms with Crippen molar-refractivity contribution in [3.63, 3.8) is 0 Å². The standard InChI is InChI=1S/C17H26N2/c1-4-18-16-15(9-10-17(16,2)3)19-11-13-7-5-6-8-14(13)12-19/h5-8,15-16,18H,4,9-12H2,1-3H3. The largest absolute Gasteiger partial charge is 0.312 e. The van der Waals surface area contributed by atoms with Crippen molar-refractivity contribution in [2.75, 3.05) is 6.54 Å². The molecule has 1 aromatic carbocycles. The van der Waals surface area contributed by atoms with Crippen molar-refractivity contribution in [3.05, 3.63) is 35.4 Å². The Labute approximate surface area is 117 Å². The summed E-state index contributed by atoms with van der Waals surface area (Å²) >= 11 is 0. The summed E-state index contributed by atoms with van der Waals surface area (Å²) < 4.78 is 0. The zero-order chi connectivity index (χ0) is 13.5. The summed E-state index contributed by atoms with van der Waals surface area (Å²) in [6, 6.07) is 10.2. The first kappa shape index (κ1) is 13.1. The Kier molecular flexibility index (Phi) is 3.40. The van der Waals surface area contributed by atoms with E-state index in [0.29, 0.717) is 17.5 Å². The number of likely N-dealkylation sites (N-methyl/N-ethyl adjacent to an activating group) is 1. The molecule has 1 saturated carbocycles. The van der Waals surface area contributed by atoms with Gasteiger partial charge in [0.2, 0.25) is 0 Å². The van der Waals surface area contributed by atoms with Crippen molar-refractivity contribution >= 4 is 0 Å². The number of benzene rings is 1. The molecule has 0 amide bonds. The molecule has 2 nitrogen and oxygen atoms in total. The zero-order valence-corrected chi connectivity index (χ0v) is 12.4. The highest BCUT2D eigenvalue weighted by molar-refractivity contribution is 5.30. The summed E-state index contributed by atoms with van der Waals surface area (Å²) in [5, 5.41) is 3.75. The number of rotatable bonds is 3. The molecule has 2 atom stereocenters. The molecular formula is C17H26N2. The van der Waals surface area contributed by atoms with Gasteiger partial charge in [-0.15, -0.1) is 0 Å². The third kappa shape index (κ3) is 2.32. The molecule has 1 heterocycles. The van der Waals surface area contributed by atoms with Crippen molar-refractivity contribution < 1.29 is 0 Å². The van der Waals surface area contributed by atoms with Gasteiger partial charge in [0.1, 0.15) is 0 Å². The van der Waals surface area contributed by atoms with Crippen molar-refractivity contribution in [1.29, 1.82) is 0 Å². The van der Waals surface area contributed by atoms with Gasteiger partial charge in [-0.3, -0.25) is 4.90 Å². The van der Waals surface area contributed by atoms with E-state index in [-0.39, 0.29) is 0 Å². The zero-order valence-electron chi connectivity index (χ0n) is 12.4. The summed E-state index contributed by atoms with van der Waals surface area (Å²) in [5.74, 6) is 0. The van der Waals surface area contributed by atoms with Crippen LogP contribution in [0.2, 0.25) is 0 Å². The fraction of sp³-hybridized carbons (Fsp3) is 0.647. The van der Waals surface area contributed by atoms with Crippen LogP contribution in [0.3, 0.4) is 0 Å². The van der Waals surface area contributed by atoms with Gasteiger partial charge >= 0.3 is 0 Å². The molecule has 1 aliphatic heterocycles. The third-order valence-corrected chi connectivity index (χ3v) is 5.07. The van der Waals surface area contributed by atoms with Gasteiger partial charge in [-0.1, -0.05) is 45.0 Å². The van der Waals surface area contributed by atoms with Gasteiger partial charge in [-0.25, -0.2) is 0 Å². The number of nitrogens with zero attached hydrogens (tertiary/aromatic N) is 1. The predicted octanol–water partition coefficient (Wildman–Crippen LogP) is 3.17. The van der Waals surface area contributed by atoms with E-state index in [4.69, 9.17) is 0 Å². The molecule has 0 saturated heterocycles. The highest BCUT2D eigenvalue weighted by Crippen LogP contribution is 2.42. The maximum atomic E-state index is 3.75. The Balaban J connectivity index is 1.77. The van der Waals surface area contributed by atoms with E-state index in [1.54, 1.807) is 0 Å². The second kappa shape index (κ2) is 4.92. The van der Waals surface area contributed by atoms with Crippen molar-refractivity contribution in [2.45, 2.75) is 58.8 Å². The fourth-order valence-corrected chi connectivity index (χ4v) is 3.98. The Morgan fingerprint density at radius 2 is 1.84 bits per heavy atom. The van der Waals surface area contributed by atoms with Gasteiger partial charge in [0.15, 0.2) is 0 Å². The van der Waals surface area contributed by atoms with Crippen molar-refractivity contribution in [3.8, 4) is 0 Å². The lowest BCUT2D eigenvalue weighted by atomic mass is 9.86. The first-order valence-electron chi connectivity index (χ1n) is 7.66. The van der Waals surface area contributed by atoms with Crippen LogP contribution in [-0.2, 0) is 13.1 Å². The summed E-state index contributed by atoms with van der Waals surface area (Å²) in [4.78, 5) is 2.69. The van der Waals surface area contributed by atoms with Crippen LogP contribution in [0.25, 0.3) is 0 Å². The second-order valence-electron chi connectivity index (χ2n) is 6.80. The molecule has 1 aliphatic carbocycles. The van der Waals surface area contributed by atoms with Crippen LogP contribution in [0.4, 0.5) is 0 Å².